The minimum absolute atomic E-state index is 0.399. The Labute approximate surface area is 129 Å². The Bertz CT molecular complexity index is 399. The van der Waals surface area contributed by atoms with Crippen molar-refractivity contribution in [2.75, 3.05) is 0 Å². The van der Waals surface area contributed by atoms with E-state index >= 15 is 0 Å². The Kier molecular flexibility index (Phi) is 6.41. The molecule has 0 bridgehead atoms. The van der Waals surface area contributed by atoms with Gasteiger partial charge in [0, 0.05) is 16.4 Å². The van der Waals surface area contributed by atoms with Crippen LogP contribution in [0.5, 0.6) is 0 Å². The molecule has 2 atom stereocenters. The summed E-state index contributed by atoms with van der Waals surface area (Å²) in [6.07, 6.45) is 0. The highest BCUT2D eigenvalue weighted by atomic mass is 32.1. The number of carboxylic acid groups (broad SMARTS) is 1. The zero-order chi connectivity index (χ0) is 16.3. The van der Waals surface area contributed by atoms with E-state index in [4.69, 9.17) is 5.11 Å². The quantitative estimate of drug-likeness (QED) is 0.460. The molecule has 2 amide bonds. The van der Waals surface area contributed by atoms with Crippen molar-refractivity contribution in [3.8, 4) is 0 Å². The number of carboxylic acids is 1. The smallest absolute Gasteiger partial charge is 0.327 e. The lowest BCUT2D eigenvalue weighted by molar-refractivity contribution is -0.143. The van der Waals surface area contributed by atoms with Crippen molar-refractivity contribution in [2.45, 2.75) is 56.2 Å². The van der Waals surface area contributed by atoms with Gasteiger partial charge in [0.25, 0.3) is 0 Å². The van der Waals surface area contributed by atoms with E-state index in [1.54, 1.807) is 27.7 Å². The van der Waals surface area contributed by atoms with E-state index < -0.39 is 39.4 Å². The molecule has 0 saturated heterocycles. The first kappa shape index (κ1) is 19.1. The molecule has 0 spiro atoms. The lowest BCUT2D eigenvalue weighted by Gasteiger charge is -2.33. The first-order valence-corrected chi connectivity index (χ1v) is 6.91. The van der Waals surface area contributed by atoms with Crippen LogP contribution in [-0.4, -0.2) is 44.5 Å². The van der Waals surface area contributed by atoms with Gasteiger partial charge in [0.15, 0.2) is 0 Å². The fourth-order valence-electron chi connectivity index (χ4n) is 1.53. The van der Waals surface area contributed by atoms with Gasteiger partial charge >= 0.3 is 5.97 Å². The van der Waals surface area contributed by atoms with Crippen molar-refractivity contribution >= 4 is 43.0 Å². The molecule has 0 heterocycles. The van der Waals surface area contributed by atoms with Crippen LogP contribution >= 0.6 is 25.3 Å². The molecular formula is C12H22N2O4S2. The lowest BCUT2D eigenvalue weighted by Crippen LogP contribution is -2.60. The highest BCUT2D eigenvalue weighted by Gasteiger charge is 2.39. The van der Waals surface area contributed by atoms with E-state index in [0.717, 1.165) is 0 Å². The summed E-state index contributed by atoms with van der Waals surface area (Å²) in [7, 11) is 0. The molecule has 3 N–H and O–H groups in total. The second kappa shape index (κ2) is 6.71. The van der Waals surface area contributed by atoms with Crippen molar-refractivity contribution in [2.24, 2.45) is 0 Å². The third-order valence-electron chi connectivity index (χ3n) is 2.56. The Balaban J connectivity index is 5.18. The molecule has 0 rings (SSSR count). The van der Waals surface area contributed by atoms with E-state index in [-0.39, 0.29) is 0 Å². The first-order chi connectivity index (χ1) is 8.76. The maximum absolute atomic E-state index is 12.2. The average Bonchev–Trinajstić information content (AvgIpc) is 2.18. The highest BCUT2D eigenvalue weighted by molar-refractivity contribution is 7.82. The summed E-state index contributed by atoms with van der Waals surface area (Å²) in [6.45, 7) is 7.73. The zero-order valence-electron chi connectivity index (χ0n) is 12.2. The normalized spacial score (nSPS) is 15.2. The maximum Gasteiger partial charge on any atom is 0.327 e. The summed E-state index contributed by atoms with van der Waals surface area (Å²) < 4.78 is -1.80. The molecule has 0 aliphatic carbocycles. The minimum atomic E-state index is -1.20. The van der Waals surface area contributed by atoms with E-state index in [1.165, 1.54) is 6.92 Å². The summed E-state index contributed by atoms with van der Waals surface area (Å²) in [6, 6.07) is -2.15. The first-order valence-electron chi connectivity index (χ1n) is 6.02. The van der Waals surface area contributed by atoms with Gasteiger partial charge in [-0.15, -0.1) is 0 Å². The Morgan fingerprint density at radius 1 is 0.950 bits per heavy atom. The summed E-state index contributed by atoms with van der Waals surface area (Å²) in [5.74, 6) is -2.21. The van der Waals surface area contributed by atoms with E-state index in [2.05, 4.69) is 35.9 Å². The molecule has 0 fully saturated rings. The number of hydrogen-bond acceptors (Lipinski definition) is 5. The molecule has 0 aromatic heterocycles. The standard InChI is InChI=1S/C12H22N2O4S2/c1-6(15)13-7(11(2,3)19)9(16)14-8(10(17)18)12(4,5)20/h7-8,19-20H,1-5H3,(H,13,15)(H,14,16)(H,17,18)/t7-,8-/m0/s1. The Morgan fingerprint density at radius 2 is 1.35 bits per heavy atom. The van der Waals surface area contributed by atoms with Gasteiger partial charge in [0.2, 0.25) is 11.8 Å². The van der Waals surface area contributed by atoms with Crippen molar-refractivity contribution < 1.29 is 19.5 Å². The van der Waals surface area contributed by atoms with Crippen molar-refractivity contribution in [1.29, 1.82) is 0 Å². The van der Waals surface area contributed by atoms with Gasteiger partial charge in [-0.1, -0.05) is 0 Å². The predicted octanol–water partition coefficient (Wildman–Crippen LogP) is 0.477. The van der Waals surface area contributed by atoms with Crippen LogP contribution < -0.4 is 10.6 Å². The fourth-order valence-corrected chi connectivity index (χ4v) is 1.89. The third-order valence-corrected chi connectivity index (χ3v) is 3.07. The van der Waals surface area contributed by atoms with Crippen LogP contribution in [0, 0.1) is 0 Å². The molecule has 0 aromatic carbocycles. The molecule has 0 aromatic rings. The number of thiol groups is 2. The van der Waals surface area contributed by atoms with E-state index in [9.17, 15) is 14.4 Å². The summed E-state index contributed by atoms with van der Waals surface area (Å²) in [5, 5.41) is 14.0. The molecule has 0 saturated carbocycles. The van der Waals surface area contributed by atoms with Crippen LogP contribution in [0.1, 0.15) is 34.6 Å². The van der Waals surface area contributed by atoms with Gasteiger partial charge < -0.3 is 15.7 Å². The van der Waals surface area contributed by atoms with Crippen LogP contribution in [-0.2, 0) is 14.4 Å². The zero-order valence-corrected chi connectivity index (χ0v) is 14.0. The number of nitrogens with one attached hydrogen (secondary N) is 2. The molecule has 8 heteroatoms. The molecular weight excluding hydrogens is 300 g/mol. The SMILES string of the molecule is CC(=O)N[C@@H](C(=O)N[C@@H](C(=O)O)C(C)(C)S)C(C)(C)S. The van der Waals surface area contributed by atoms with E-state index in [1.807, 2.05) is 0 Å². The number of hydrogen-bond donors (Lipinski definition) is 5. The summed E-state index contributed by atoms with van der Waals surface area (Å²) >= 11 is 8.44. The van der Waals surface area contributed by atoms with Crippen LogP contribution in [0.15, 0.2) is 0 Å². The minimum Gasteiger partial charge on any atom is -0.480 e. The monoisotopic (exact) mass is 322 g/mol. The van der Waals surface area contributed by atoms with Crippen LogP contribution in [0.25, 0.3) is 0 Å². The fraction of sp³-hybridized carbons (Fsp3) is 0.750. The van der Waals surface area contributed by atoms with Crippen molar-refractivity contribution in [3.63, 3.8) is 0 Å². The van der Waals surface area contributed by atoms with Gasteiger partial charge in [0.1, 0.15) is 12.1 Å². The second-order valence-corrected chi connectivity index (χ2v) is 8.03. The van der Waals surface area contributed by atoms with Gasteiger partial charge in [-0.25, -0.2) is 4.79 Å². The average molecular weight is 322 g/mol. The molecule has 6 nitrogen and oxygen atoms in total. The molecule has 116 valence electrons. The topological polar surface area (TPSA) is 95.5 Å². The van der Waals surface area contributed by atoms with Crippen molar-refractivity contribution in [1.82, 2.24) is 10.6 Å². The van der Waals surface area contributed by atoms with Crippen LogP contribution in [0.4, 0.5) is 0 Å². The molecule has 0 unspecified atom stereocenters. The molecule has 0 aliphatic rings. The lowest BCUT2D eigenvalue weighted by atomic mass is 9.99. The molecule has 0 radical (unpaired) electrons. The van der Waals surface area contributed by atoms with Gasteiger partial charge in [-0.3, -0.25) is 9.59 Å². The van der Waals surface area contributed by atoms with E-state index in [0.29, 0.717) is 0 Å². The predicted molar refractivity (Wildman–Crippen MR) is 83.3 cm³/mol. The Morgan fingerprint density at radius 3 is 1.60 bits per heavy atom. The number of rotatable bonds is 6. The van der Waals surface area contributed by atoms with Gasteiger partial charge in [-0.05, 0) is 27.7 Å². The maximum atomic E-state index is 12.2. The molecule has 0 aliphatic heterocycles. The number of carbonyl (C=O) groups is 3. The molecule has 20 heavy (non-hydrogen) atoms. The van der Waals surface area contributed by atoms with Crippen molar-refractivity contribution in [3.05, 3.63) is 0 Å². The van der Waals surface area contributed by atoms with Crippen LogP contribution in [0.3, 0.4) is 0 Å². The van der Waals surface area contributed by atoms with Gasteiger partial charge in [0.05, 0.1) is 0 Å². The largest absolute Gasteiger partial charge is 0.480 e. The third kappa shape index (κ3) is 6.04. The van der Waals surface area contributed by atoms with Crippen LogP contribution in [0.2, 0.25) is 0 Å². The Hall–Kier alpha value is -0.890. The number of amides is 2. The number of aliphatic carboxylic acids is 1. The second-order valence-electron chi connectivity index (χ2n) is 5.72. The summed E-state index contributed by atoms with van der Waals surface area (Å²) in [5.41, 5.74) is 0. The summed E-state index contributed by atoms with van der Waals surface area (Å²) in [4.78, 5) is 34.6. The van der Waals surface area contributed by atoms with Gasteiger partial charge in [-0.2, -0.15) is 25.3 Å². The number of carbonyl (C=O) groups excluding carboxylic acids is 2. The highest BCUT2D eigenvalue weighted by Crippen LogP contribution is 2.21.